The highest BCUT2D eigenvalue weighted by Gasteiger charge is 2.22. The number of likely N-dealkylation sites (tertiary alicyclic amines) is 1. The number of hydrogen-bond acceptors (Lipinski definition) is 4. The van der Waals surface area contributed by atoms with E-state index in [0.29, 0.717) is 12.3 Å². The van der Waals surface area contributed by atoms with Gasteiger partial charge in [-0.1, -0.05) is 18.2 Å². The number of benzene rings is 1. The molecule has 1 aromatic carbocycles. The van der Waals surface area contributed by atoms with Gasteiger partial charge in [0.15, 0.2) is 0 Å². The van der Waals surface area contributed by atoms with Gasteiger partial charge in [0, 0.05) is 24.5 Å². The lowest BCUT2D eigenvalue weighted by Gasteiger charge is -2.31. The Morgan fingerprint density at radius 3 is 2.82 bits per heavy atom. The standard InChI is InChI=1S/C18H22N2O2/c1-22-18(21)12-14-7-10-20(11-8-14)13-15-6-9-19-17-5-3-2-4-16(15)17/h2-6,9,14H,7-8,10-13H2,1H3. The predicted octanol–water partition coefficient (Wildman–Crippen LogP) is 3.01. The fourth-order valence-corrected chi connectivity index (χ4v) is 3.20. The second kappa shape index (κ2) is 6.88. The highest BCUT2D eigenvalue weighted by atomic mass is 16.5. The first-order valence-corrected chi connectivity index (χ1v) is 7.88. The monoisotopic (exact) mass is 298 g/mol. The number of nitrogens with zero attached hydrogens (tertiary/aromatic N) is 2. The minimum Gasteiger partial charge on any atom is -0.469 e. The van der Waals surface area contributed by atoms with E-state index in [1.54, 1.807) is 0 Å². The maximum Gasteiger partial charge on any atom is 0.305 e. The zero-order valence-electron chi connectivity index (χ0n) is 13.0. The Morgan fingerprint density at radius 2 is 2.05 bits per heavy atom. The van der Waals surface area contributed by atoms with Crippen LogP contribution in [0, 0.1) is 5.92 Å². The Morgan fingerprint density at radius 1 is 1.27 bits per heavy atom. The van der Waals surface area contributed by atoms with Crippen molar-refractivity contribution in [1.82, 2.24) is 9.88 Å². The normalized spacial score (nSPS) is 16.8. The molecule has 1 saturated heterocycles. The van der Waals surface area contributed by atoms with E-state index in [4.69, 9.17) is 4.74 Å². The van der Waals surface area contributed by atoms with E-state index < -0.39 is 0 Å². The quantitative estimate of drug-likeness (QED) is 0.814. The first-order valence-electron chi connectivity index (χ1n) is 7.88. The van der Waals surface area contributed by atoms with Crippen LogP contribution in [0.15, 0.2) is 36.5 Å². The molecule has 1 aliphatic rings. The molecule has 0 spiro atoms. The van der Waals surface area contributed by atoms with Crippen LogP contribution in [0.2, 0.25) is 0 Å². The summed E-state index contributed by atoms with van der Waals surface area (Å²) in [5.74, 6) is 0.386. The van der Waals surface area contributed by atoms with Gasteiger partial charge in [0.05, 0.1) is 12.6 Å². The number of ether oxygens (including phenoxy) is 1. The largest absolute Gasteiger partial charge is 0.469 e. The van der Waals surface area contributed by atoms with Crippen LogP contribution < -0.4 is 0 Å². The number of hydrogen-bond donors (Lipinski definition) is 0. The van der Waals surface area contributed by atoms with Crippen LogP contribution in [0.5, 0.6) is 0 Å². The van der Waals surface area contributed by atoms with Crippen LogP contribution in [0.4, 0.5) is 0 Å². The molecule has 1 aliphatic heterocycles. The van der Waals surface area contributed by atoms with Gasteiger partial charge in [-0.3, -0.25) is 14.7 Å². The second-order valence-corrected chi connectivity index (χ2v) is 5.99. The van der Waals surface area contributed by atoms with E-state index in [2.05, 4.69) is 34.1 Å². The molecule has 2 aromatic rings. The fourth-order valence-electron chi connectivity index (χ4n) is 3.20. The Balaban J connectivity index is 1.61. The summed E-state index contributed by atoms with van der Waals surface area (Å²) in [5.41, 5.74) is 2.39. The van der Waals surface area contributed by atoms with Gasteiger partial charge in [0.2, 0.25) is 0 Å². The maximum absolute atomic E-state index is 11.4. The summed E-state index contributed by atoms with van der Waals surface area (Å²) >= 11 is 0. The van der Waals surface area contributed by atoms with Gasteiger partial charge in [-0.05, 0) is 49.5 Å². The zero-order valence-corrected chi connectivity index (χ0v) is 13.0. The van der Waals surface area contributed by atoms with Gasteiger partial charge in [-0.2, -0.15) is 0 Å². The highest BCUT2D eigenvalue weighted by Crippen LogP contribution is 2.24. The van der Waals surface area contributed by atoms with Crippen molar-refractivity contribution in [2.24, 2.45) is 5.92 Å². The molecular weight excluding hydrogens is 276 g/mol. The number of carbonyl (C=O) groups excluding carboxylic acids is 1. The average Bonchev–Trinajstić information content (AvgIpc) is 2.57. The summed E-state index contributed by atoms with van der Waals surface area (Å²) in [6, 6.07) is 10.4. The lowest BCUT2D eigenvalue weighted by molar-refractivity contribution is -0.142. The highest BCUT2D eigenvalue weighted by molar-refractivity contribution is 5.81. The number of para-hydroxylation sites is 1. The lowest BCUT2D eigenvalue weighted by Crippen LogP contribution is -2.34. The molecule has 2 heterocycles. The van der Waals surface area contributed by atoms with Crippen LogP contribution in [0.3, 0.4) is 0 Å². The van der Waals surface area contributed by atoms with Gasteiger partial charge in [0.1, 0.15) is 0 Å². The summed E-state index contributed by atoms with van der Waals surface area (Å²) in [4.78, 5) is 18.2. The van der Waals surface area contributed by atoms with E-state index in [1.807, 2.05) is 12.3 Å². The number of piperidine rings is 1. The molecule has 0 amide bonds. The molecule has 3 rings (SSSR count). The van der Waals surface area contributed by atoms with Crippen LogP contribution in [-0.2, 0) is 16.1 Å². The first kappa shape index (κ1) is 15.0. The third-order valence-electron chi connectivity index (χ3n) is 4.52. The molecule has 0 radical (unpaired) electrons. The molecule has 0 N–H and O–H groups in total. The van der Waals surface area contributed by atoms with Crippen LogP contribution in [-0.4, -0.2) is 36.1 Å². The van der Waals surface area contributed by atoms with Crippen molar-refractivity contribution in [2.45, 2.75) is 25.8 Å². The topological polar surface area (TPSA) is 42.4 Å². The molecule has 1 aromatic heterocycles. The predicted molar refractivity (Wildman–Crippen MR) is 86.4 cm³/mol. The Bertz CT molecular complexity index is 643. The SMILES string of the molecule is COC(=O)CC1CCN(Cc2ccnc3ccccc23)CC1. The van der Waals surface area contributed by atoms with Crippen molar-refractivity contribution in [3.05, 3.63) is 42.1 Å². The van der Waals surface area contributed by atoms with Crippen molar-refractivity contribution < 1.29 is 9.53 Å². The van der Waals surface area contributed by atoms with Gasteiger partial charge >= 0.3 is 5.97 Å². The van der Waals surface area contributed by atoms with Gasteiger partial charge in [-0.25, -0.2) is 0 Å². The Labute approximate surface area is 131 Å². The number of esters is 1. The maximum atomic E-state index is 11.4. The molecule has 116 valence electrons. The molecular formula is C18H22N2O2. The van der Waals surface area contributed by atoms with Crippen molar-refractivity contribution in [3.63, 3.8) is 0 Å². The fraction of sp³-hybridized carbons (Fsp3) is 0.444. The van der Waals surface area contributed by atoms with E-state index in [1.165, 1.54) is 18.1 Å². The van der Waals surface area contributed by atoms with Crippen molar-refractivity contribution in [2.75, 3.05) is 20.2 Å². The molecule has 4 nitrogen and oxygen atoms in total. The molecule has 0 bridgehead atoms. The van der Waals surface area contributed by atoms with E-state index >= 15 is 0 Å². The molecule has 0 atom stereocenters. The third kappa shape index (κ3) is 3.45. The number of methoxy groups -OCH3 is 1. The van der Waals surface area contributed by atoms with Crippen LogP contribution in [0.1, 0.15) is 24.8 Å². The first-order chi connectivity index (χ1) is 10.8. The summed E-state index contributed by atoms with van der Waals surface area (Å²) < 4.78 is 4.76. The van der Waals surface area contributed by atoms with Gasteiger partial charge < -0.3 is 4.74 Å². The molecule has 4 heteroatoms. The molecule has 0 unspecified atom stereocenters. The van der Waals surface area contributed by atoms with Crippen molar-refractivity contribution in [3.8, 4) is 0 Å². The summed E-state index contributed by atoms with van der Waals surface area (Å²) in [5, 5.41) is 1.24. The lowest BCUT2D eigenvalue weighted by atomic mass is 9.93. The number of pyridine rings is 1. The molecule has 1 fully saturated rings. The third-order valence-corrected chi connectivity index (χ3v) is 4.52. The summed E-state index contributed by atoms with van der Waals surface area (Å²) in [6.07, 6.45) is 4.58. The minimum atomic E-state index is -0.0847. The van der Waals surface area contributed by atoms with Gasteiger partial charge in [-0.15, -0.1) is 0 Å². The second-order valence-electron chi connectivity index (χ2n) is 5.99. The Hall–Kier alpha value is -1.94. The number of fused-ring (bicyclic) bond motifs is 1. The van der Waals surface area contributed by atoms with E-state index in [0.717, 1.165) is 38.0 Å². The smallest absolute Gasteiger partial charge is 0.305 e. The summed E-state index contributed by atoms with van der Waals surface area (Å²) in [7, 11) is 1.46. The van der Waals surface area contributed by atoms with Gasteiger partial charge in [0.25, 0.3) is 0 Å². The van der Waals surface area contributed by atoms with Crippen molar-refractivity contribution >= 4 is 16.9 Å². The number of rotatable bonds is 4. The van der Waals surface area contributed by atoms with Crippen LogP contribution >= 0.6 is 0 Å². The number of carbonyl (C=O) groups is 1. The van der Waals surface area contributed by atoms with E-state index in [9.17, 15) is 4.79 Å². The summed E-state index contributed by atoms with van der Waals surface area (Å²) in [6.45, 7) is 3.03. The zero-order chi connectivity index (χ0) is 15.4. The molecule has 0 aliphatic carbocycles. The average molecular weight is 298 g/mol. The van der Waals surface area contributed by atoms with Crippen molar-refractivity contribution in [1.29, 1.82) is 0 Å². The van der Waals surface area contributed by atoms with E-state index in [-0.39, 0.29) is 5.97 Å². The molecule has 22 heavy (non-hydrogen) atoms. The number of aromatic nitrogens is 1. The minimum absolute atomic E-state index is 0.0847. The molecule has 0 saturated carbocycles. The Kier molecular flexibility index (Phi) is 4.68. The van der Waals surface area contributed by atoms with Crippen LogP contribution in [0.25, 0.3) is 10.9 Å².